The van der Waals surface area contributed by atoms with Crippen molar-refractivity contribution >= 4 is 11.8 Å². The van der Waals surface area contributed by atoms with Crippen LogP contribution in [0.15, 0.2) is 34.9 Å². The van der Waals surface area contributed by atoms with Crippen molar-refractivity contribution in [3.8, 4) is 0 Å². The molecule has 1 N–H and O–H groups in total. The Morgan fingerprint density at radius 1 is 1.12 bits per heavy atom. The number of allylic oxidation sites excluding steroid dienone is 5. The number of carboxylic acids is 1. The SMILES string of the molecule is C/C(=C/CCC(C)[C@H]1CC[C@@]2(C)C3=C(CC[C@]12C)[C@@]1(C)C=CC(=O)C(C)(C)[C@@H]1CC3)C(=O)O. The van der Waals surface area contributed by atoms with Crippen LogP contribution < -0.4 is 0 Å². The third-order valence-corrected chi connectivity index (χ3v) is 11.2. The maximum Gasteiger partial charge on any atom is 0.330 e. The molecule has 1 unspecified atom stereocenters. The first kappa shape index (κ1) is 24.5. The summed E-state index contributed by atoms with van der Waals surface area (Å²) < 4.78 is 0. The second-order valence-electron chi connectivity index (χ2n) is 12.9. The number of fused-ring (bicyclic) bond motifs is 4. The zero-order valence-corrected chi connectivity index (χ0v) is 21.9. The van der Waals surface area contributed by atoms with Crippen LogP contribution >= 0.6 is 0 Å². The van der Waals surface area contributed by atoms with Gasteiger partial charge >= 0.3 is 5.97 Å². The van der Waals surface area contributed by atoms with Gasteiger partial charge in [-0.15, -0.1) is 0 Å². The monoisotopic (exact) mass is 452 g/mol. The predicted molar refractivity (Wildman–Crippen MR) is 134 cm³/mol. The third-order valence-electron chi connectivity index (χ3n) is 11.2. The van der Waals surface area contributed by atoms with E-state index in [4.69, 9.17) is 5.11 Å². The number of carboxylic acid groups (broad SMARTS) is 1. The van der Waals surface area contributed by atoms with Crippen LogP contribution in [0.4, 0.5) is 0 Å². The molecule has 0 heterocycles. The first-order valence-electron chi connectivity index (χ1n) is 13.2. The van der Waals surface area contributed by atoms with E-state index in [9.17, 15) is 9.59 Å². The summed E-state index contributed by atoms with van der Waals surface area (Å²) in [5.41, 5.74) is 4.11. The highest BCUT2D eigenvalue weighted by Gasteiger charge is 2.62. The van der Waals surface area contributed by atoms with Gasteiger partial charge in [-0.25, -0.2) is 4.79 Å². The first-order valence-corrected chi connectivity index (χ1v) is 13.2. The van der Waals surface area contributed by atoms with Crippen LogP contribution in [0.25, 0.3) is 0 Å². The molecule has 0 aromatic carbocycles. The minimum absolute atomic E-state index is 0.0121. The number of carbonyl (C=O) groups excluding carboxylic acids is 1. The van der Waals surface area contributed by atoms with Crippen LogP contribution in [-0.4, -0.2) is 16.9 Å². The van der Waals surface area contributed by atoms with Gasteiger partial charge < -0.3 is 5.11 Å². The van der Waals surface area contributed by atoms with Crippen LogP contribution in [0, 0.1) is 39.4 Å². The standard InChI is InChI=1S/C30H44O3/c1-19(9-8-10-20(2)26(32)33)21-13-17-30(7)23-11-12-24-27(3,4)25(31)15-16-28(24,5)22(23)14-18-29(21,30)6/h10,15-16,19,21,24H,8-9,11-14,17-18H2,1-7H3,(H,32,33)/b20-10-/t19?,21-,24+,28-,29-,30+/m1/s1. The first-order chi connectivity index (χ1) is 15.3. The Labute approximate surface area is 200 Å². The van der Waals surface area contributed by atoms with Crippen LogP contribution in [0.1, 0.15) is 99.8 Å². The molecular weight excluding hydrogens is 408 g/mol. The Kier molecular flexibility index (Phi) is 5.90. The molecule has 0 aromatic heterocycles. The Bertz CT molecular complexity index is 950. The van der Waals surface area contributed by atoms with Gasteiger partial charge in [0.1, 0.15) is 0 Å². The van der Waals surface area contributed by atoms with E-state index < -0.39 is 5.97 Å². The van der Waals surface area contributed by atoms with Crippen LogP contribution in [0.2, 0.25) is 0 Å². The van der Waals surface area contributed by atoms with Gasteiger partial charge in [0.15, 0.2) is 5.78 Å². The predicted octanol–water partition coefficient (Wildman–Crippen LogP) is 7.53. The minimum Gasteiger partial charge on any atom is -0.478 e. The van der Waals surface area contributed by atoms with Crippen molar-refractivity contribution in [3.05, 3.63) is 34.9 Å². The summed E-state index contributed by atoms with van der Waals surface area (Å²) in [5.74, 6) is 1.16. The van der Waals surface area contributed by atoms with E-state index in [1.807, 2.05) is 12.2 Å². The van der Waals surface area contributed by atoms with E-state index in [2.05, 4.69) is 47.6 Å². The number of ketones is 1. The second kappa shape index (κ2) is 7.95. The normalized spacial score (nSPS) is 40.8. The molecule has 4 aliphatic rings. The largest absolute Gasteiger partial charge is 0.478 e. The van der Waals surface area contributed by atoms with Gasteiger partial charge in [-0.2, -0.15) is 0 Å². The highest BCUT2D eigenvalue weighted by Crippen LogP contribution is 2.71. The Hall–Kier alpha value is -1.64. The average Bonchev–Trinajstić information content (AvgIpc) is 3.02. The van der Waals surface area contributed by atoms with Crippen molar-refractivity contribution in [3.63, 3.8) is 0 Å². The van der Waals surface area contributed by atoms with Gasteiger partial charge in [0.05, 0.1) is 0 Å². The quantitative estimate of drug-likeness (QED) is 0.346. The molecule has 0 spiro atoms. The molecule has 1 fully saturated rings. The molecule has 0 amide bonds. The zero-order valence-electron chi connectivity index (χ0n) is 21.9. The smallest absolute Gasteiger partial charge is 0.330 e. The highest BCUT2D eigenvalue weighted by molar-refractivity contribution is 5.96. The summed E-state index contributed by atoms with van der Waals surface area (Å²) in [5, 5.41) is 9.15. The molecule has 0 bridgehead atoms. The molecule has 1 saturated carbocycles. The van der Waals surface area contributed by atoms with Crippen LogP contribution in [0.5, 0.6) is 0 Å². The molecule has 0 aromatic rings. The Morgan fingerprint density at radius 2 is 1.82 bits per heavy atom. The molecule has 3 nitrogen and oxygen atoms in total. The lowest BCUT2D eigenvalue weighted by Gasteiger charge is -2.59. The van der Waals surface area contributed by atoms with Gasteiger partial charge in [-0.3, -0.25) is 4.79 Å². The van der Waals surface area contributed by atoms with E-state index in [-0.39, 0.29) is 16.2 Å². The van der Waals surface area contributed by atoms with Gasteiger partial charge in [0.25, 0.3) is 0 Å². The molecular formula is C30H44O3. The molecule has 33 heavy (non-hydrogen) atoms. The Morgan fingerprint density at radius 3 is 2.48 bits per heavy atom. The summed E-state index contributed by atoms with van der Waals surface area (Å²) in [6, 6.07) is 0. The van der Waals surface area contributed by atoms with Crippen LogP contribution in [-0.2, 0) is 9.59 Å². The van der Waals surface area contributed by atoms with Gasteiger partial charge in [0.2, 0.25) is 0 Å². The lowest BCUT2D eigenvalue weighted by Crippen LogP contribution is -2.52. The summed E-state index contributed by atoms with van der Waals surface area (Å²) in [6.45, 7) is 15.9. The van der Waals surface area contributed by atoms with E-state index in [1.54, 1.807) is 18.1 Å². The van der Waals surface area contributed by atoms with Crippen molar-refractivity contribution in [2.75, 3.05) is 0 Å². The van der Waals surface area contributed by atoms with E-state index in [0.29, 0.717) is 34.5 Å². The molecule has 4 aliphatic carbocycles. The lowest BCUT2D eigenvalue weighted by atomic mass is 9.44. The van der Waals surface area contributed by atoms with E-state index >= 15 is 0 Å². The number of rotatable bonds is 5. The zero-order chi connectivity index (χ0) is 24.4. The summed E-state index contributed by atoms with van der Waals surface area (Å²) >= 11 is 0. The average molecular weight is 453 g/mol. The molecule has 6 atom stereocenters. The molecule has 0 saturated heterocycles. The minimum atomic E-state index is -0.805. The van der Waals surface area contributed by atoms with E-state index in [0.717, 1.165) is 32.1 Å². The fourth-order valence-electron chi connectivity index (χ4n) is 8.83. The molecule has 182 valence electrons. The van der Waals surface area contributed by atoms with Crippen LogP contribution in [0.3, 0.4) is 0 Å². The lowest BCUT2D eigenvalue weighted by molar-refractivity contribution is -0.132. The summed E-state index contributed by atoms with van der Waals surface area (Å²) in [6.07, 6.45) is 15.1. The molecule has 0 aliphatic heterocycles. The number of aliphatic carboxylic acids is 1. The topological polar surface area (TPSA) is 54.4 Å². The summed E-state index contributed by atoms with van der Waals surface area (Å²) in [7, 11) is 0. The van der Waals surface area contributed by atoms with Gasteiger partial charge in [0, 0.05) is 16.4 Å². The van der Waals surface area contributed by atoms with Crippen molar-refractivity contribution in [1.82, 2.24) is 0 Å². The molecule has 3 heteroatoms. The second-order valence-corrected chi connectivity index (χ2v) is 12.9. The number of hydrogen-bond acceptors (Lipinski definition) is 2. The number of carbonyl (C=O) groups is 2. The number of hydrogen-bond donors (Lipinski definition) is 1. The van der Waals surface area contributed by atoms with Crippen molar-refractivity contribution < 1.29 is 14.7 Å². The van der Waals surface area contributed by atoms with E-state index in [1.165, 1.54) is 19.3 Å². The molecule has 4 rings (SSSR count). The Balaban J connectivity index is 1.63. The maximum atomic E-state index is 12.7. The third kappa shape index (κ3) is 3.43. The van der Waals surface area contributed by atoms with Gasteiger partial charge in [-0.1, -0.05) is 64.8 Å². The fourth-order valence-corrected chi connectivity index (χ4v) is 8.83. The molecule has 0 radical (unpaired) electrons. The highest BCUT2D eigenvalue weighted by atomic mass is 16.4. The maximum absolute atomic E-state index is 12.7. The fraction of sp³-hybridized carbons (Fsp3) is 0.733. The van der Waals surface area contributed by atoms with Crippen molar-refractivity contribution in [1.29, 1.82) is 0 Å². The van der Waals surface area contributed by atoms with Crippen molar-refractivity contribution in [2.24, 2.45) is 39.4 Å². The van der Waals surface area contributed by atoms with Crippen molar-refractivity contribution in [2.45, 2.75) is 99.8 Å². The summed E-state index contributed by atoms with van der Waals surface area (Å²) in [4.78, 5) is 23.8. The van der Waals surface area contributed by atoms with Gasteiger partial charge in [-0.05, 0) is 93.0 Å².